The van der Waals surface area contributed by atoms with Gasteiger partial charge in [0.25, 0.3) is 0 Å². The number of amides is 1. The van der Waals surface area contributed by atoms with Crippen molar-refractivity contribution in [2.24, 2.45) is 5.92 Å². The first-order valence-corrected chi connectivity index (χ1v) is 8.36. The molecule has 0 heterocycles. The highest BCUT2D eigenvalue weighted by atomic mass is 19.4. The Hall–Kier alpha value is -0.780. The number of hydrogen-bond donors (Lipinski definition) is 0. The summed E-state index contributed by atoms with van der Waals surface area (Å²) in [6.45, 7) is 1.19. The molecule has 2 fully saturated rings. The average molecular weight is 320 g/mol. The molecule has 0 N–H and O–H groups in total. The van der Waals surface area contributed by atoms with Crippen molar-refractivity contribution in [1.82, 2.24) is 9.80 Å². The minimum atomic E-state index is -4.33. The van der Waals surface area contributed by atoms with Gasteiger partial charge in [-0.1, -0.05) is 13.3 Å². The number of nitrogens with zero attached hydrogens (tertiary/aromatic N) is 2. The molecule has 2 saturated carbocycles. The predicted octanol–water partition coefficient (Wildman–Crippen LogP) is 3.44. The molecular formula is C16H27F3N2O. The second-order valence-electron chi connectivity index (χ2n) is 6.85. The van der Waals surface area contributed by atoms with Crippen LogP contribution in [0.4, 0.5) is 13.2 Å². The van der Waals surface area contributed by atoms with Gasteiger partial charge >= 0.3 is 6.18 Å². The smallest absolute Gasteiger partial charge is 0.336 e. The number of carbonyl (C=O) groups is 1. The molecule has 2 rings (SSSR count). The van der Waals surface area contributed by atoms with Crippen LogP contribution in [-0.4, -0.2) is 54.1 Å². The zero-order chi connectivity index (χ0) is 16.3. The van der Waals surface area contributed by atoms with Gasteiger partial charge in [-0.05, 0) is 44.4 Å². The summed E-state index contributed by atoms with van der Waals surface area (Å²) in [6, 6.07) is 0.782. The summed E-state index contributed by atoms with van der Waals surface area (Å²) in [5.41, 5.74) is 0. The Morgan fingerprint density at radius 3 is 1.95 bits per heavy atom. The van der Waals surface area contributed by atoms with Gasteiger partial charge in [-0.25, -0.2) is 0 Å². The number of carbonyl (C=O) groups excluding carboxylic acids is 1. The fourth-order valence-corrected chi connectivity index (χ4v) is 3.48. The lowest BCUT2D eigenvalue weighted by molar-refractivity contribution is -0.159. The van der Waals surface area contributed by atoms with E-state index in [4.69, 9.17) is 0 Å². The van der Waals surface area contributed by atoms with Crippen molar-refractivity contribution in [1.29, 1.82) is 0 Å². The van der Waals surface area contributed by atoms with Gasteiger partial charge in [-0.15, -0.1) is 0 Å². The van der Waals surface area contributed by atoms with E-state index in [-0.39, 0.29) is 6.54 Å². The van der Waals surface area contributed by atoms with E-state index in [0.717, 1.165) is 36.5 Å². The summed E-state index contributed by atoms with van der Waals surface area (Å²) in [6.07, 6.45) is 3.52. The van der Waals surface area contributed by atoms with Crippen molar-refractivity contribution in [2.75, 3.05) is 20.1 Å². The van der Waals surface area contributed by atoms with E-state index in [1.807, 2.05) is 0 Å². The summed E-state index contributed by atoms with van der Waals surface area (Å²) in [5, 5.41) is 0. The Kier molecular flexibility index (Phi) is 5.75. The van der Waals surface area contributed by atoms with Gasteiger partial charge in [-0.2, -0.15) is 13.2 Å². The Morgan fingerprint density at radius 1 is 1.05 bits per heavy atom. The van der Waals surface area contributed by atoms with Crippen LogP contribution in [0.1, 0.15) is 51.9 Å². The van der Waals surface area contributed by atoms with Crippen LogP contribution >= 0.6 is 0 Å². The number of rotatable bonds is 6. The molecule has 2 aliphatic carbocycles. The van der Waals surface area contributed by atoms with Gasteiger partial charge in [0.2, 0.25) is 5.91 Å². The van der Waals surface area contributed by atoms with Gasteiger partial charge in [0.15, 0.2) is 0 Å². The van der Waals surface area contributed by atoms with Gasteiger partial charge in [0.1, 0.15) is 6.54 Å². The molecule has 0 spiro atoms. The number of halogens is 3. The third-order valence-electron chi connectivity index (χ3n) is 5.04. The van der Waals surface area contributed by atoms with E-state index in [2.05, 4.69) is 11.8 Å². The Morgan fingerprint density at radius 2 is 1.55 bits per heavy atom. The summed E-state index contributed by atoms with van der Waals surface area (Å²) in [5.74, 6) is 0.364. The van der Waals surface area contributed by atoms with Gasteiger partial charge in [0.05, 0.1) is 6.54 Å². The normalized spacial score (nSPS) is 26.3. The molecule has 0 aromatic rings. The standard InChI is InChI=1S/C16H27F3N2O/c1-3-12-4-6-13(7-5-12)21(14-8-9-14)10-15(22)20(2)11-16(17,18)19/h12-14H,3-11H2,1-2H3. The second kappa shape index (κ2) is 7.20. The minimum absolute atomic E-state index is 0.138. The van der Waals surface area contributed by atoms with Crippen LogP contribution in [0.5, 0.6) is 0 Å². The molecule has 0 aromatic carbocycles. The van der Waals surface area contributed by atoms with Gasteiger partial charge < -0.3 is 4.90 Å². The lowest BCUT2D eigenvalue weighted by Gasteiger charge is -2.37. The highest BCUT2D eigenvalue weighted by Crippen LogP contribution is 2.36. The van der Waals surface area contributed by atoms with Crippen molar-refractivity contribution >= 4 is 5.91 Å². The minimum Gasteiger partial charge on any atom is -0.336 e. The molecule has 0 radical (unpaired) electrons. The average Bonchev–Trinajstić information content (AvgIpc) is 3.27. The van der Waals surface area contributed by atoms with Gasteiger partial charge in [-0.3, -0.25) is 9.69 Å². The van der Waals surface area contributed by atoms with Crippen molar-refractivity contribution in [3.05, 3.63) is 0 Å². The van der Waals surface area contributed by atoms with Crippen LogP contribution in [0.25, 0.3) is 0 Å². The molecule has 128 valence electrons. The first-order valence-electron chi connectivity index (χ1n) is 8.36. The predicted molar refractivity (Wildman–Crippen MR) is 79.5 cm³/mol. The number of alkyl halides is 3. The highest BCUT2D eigenvalue weighted by molar-refractivity contribution is 5.78. The fourth-order valence-electron chi connectivity index (χ4n) is 3.48. The van der Waals surface area contributed by atoms with Crippen LogP contribution in [0.15, 0.2) is 0 Å². The monoisotopic (exact) mass is 320 g/mol. The van der Waals surface area contributed by atoms with Gasteiger partial charge in [0, 0.05) is 19.1 Å². The fraction of sp³-hybridized carbons (Fsp3) is 0.938. The third-order valence-corrected chi connectivity index (χ3v) is 5.04. The van der Waals surface area contributed by atoms with Crippen molar-refractivity contribution in [3.63, 3.8) is 0 Å². The summed E-state index contributed by atoms with van der Waals surface area (Å²) in [7, 11) is 1.24. The lowest BCUT2D eigenvalue weighted by atomic mass is 9.84. The van der Waals surface area contributed by atoms with Crippen LogP contribution < -0.4 is 0 Å². The molecule has 0 atom stereocenters. The maximum absolute atomic E-state index is 12.4. The summed E-state index contributed by atoms with van der Waals surface area (Å²) < 4.78 is 37.2. The molecule has 0 bridgehead atoms. The third kappa shape index (κ3) is 5.14. The van der Waals surface area contributed by atoms with E-state index in [1.165, 1.54) is 26.3 Å². The first-order chi connectivity index (χ1) is 10.3. The lowest BCUT2D eigenvalue weighted by Crippen LogP contribution is -2.47. The summed E-state index contributed by atoms with van der Waals surface area (Å²) in [4.78, 5) is 15.1. The SMILES string of the molecule is CCC1CCC(N(CC(=O)N(C)CC(F)(F)F)C2CC2)CC1. The second-order valence-corrected chi connectivity index (χ2v) is 6.85. The molecule has 22 heavy (non-hydrogen) atoms. The maximum atomic E-state index is 12.4. The number of likely N-dealkylation sites (N-methyl/N-ethyl adjacent to an activating group) is 1. The van der Waals surface area contributed by atoms with Crippen LogP contribution in [-0.2, 0) is 4.79 Å². The quantitative estimate of drug-likeness (QED) is 0.748. The van der Waals surface area contributed by atoms with Crippen molar-refractivity contribution in [3.8, 4) is 0 Å². The molecule has 0 aliphatic heterocycles. The van der Waals surface area contributed by atoms with Crippen LogP contribution in [0.3, 0.4) is 0 Å². The zero-order valence-electron chi connectivity index (χ0n) is 13.5. The molecule has 2 aliphatic rings. The van der Waals surface area contributed by atoms with Crippen LogP contribution in [0, 0.1) is 5.92 Å². The molecule has 0 unspecified atom stereocenters. The first kappa shape index (κ1) is 17.6. The van der Waals surface area contributed by atoms with Crippen LogP contribution in [0.2, 0.25) is 0 Å². The molecule has 6 heteroatoms. The Labute approximate surface area is 130 Å². The Balaban J connectivity index is 1.88. The molecule has 3 nitrogen and oxygen atoms in total. The van der Waals surface area contributed by atoms with E-state index in [1.54, 1.807) is 0 Å². The topological polar surface area (TPSA) is 23.6 Å². The van der Waals surface area contributed by atoms with E-state index in [9.17, 15) is 18.0 Å². The van der Waals surface area contributed by atoms with E-state index in [0.29, 0.717) is 12.1 Å². The Bertz CT molecular complexity index is 374. The van der Waals surface area contributed by atoms with E-state index >= 15 is 0 Å². The zero-order valence-corrected chi connectivity index (χ0v) is 13.5. The molecular weight excluding hydrogens is 293 g/mol. The summed E-state index contributed by atoms with van der Waals surface area (Å²) >= 11 is 0. The molecule has 1 amide bonds. The van der Waals surface area contributed by atoms with Crippen molar-refractivity contribution in [2.45, 2.75) is 70.1 Å². The van der Waals surface area contributed by atoms with Crippen molar-refractivity contribution < 1.29 is 18.0 Å². The molecule has 0 aromatic heterocycles. The highest BCUT2D eigenvalue weighted by Gasteiger charge is 2.38. The van der Waals surface area contributed by atoms with E-state index < -0.39 is 18.6 Å². The molecule has 0 saturated heterocycles. The maximum Gasteiger partial charge on any atom is 0.406 e. The number of hydrogen-bond acceptors (Lipinski definition) is 2. The largest absolute Gasteiger partial charge is 0.406 e.